The highest BCUT2D eigenvalue weighted by atomic mass is 16.5. The van der Waals surface area contributed by atoms with Crippen LogP contribution in [0.15, 0.2) is 18.3 Å². The van der Waals surface area contributed by atoms with Gasteiger partial charge in [0.15, 0.2) is 0 Å². The molecule has 0 aliphatic carbocycles. The zero-order valence-corrected chi connectivity index (χ0v) is 7.03. The minimum atomic E-state index is 0.167. The SMILES string of the molecule is C[C@H]1Oc2cccnc2[C@@H]1CN. The molecule has 2 rings (SSSR count). The van der Waals surface area contributed by atoms with Crippen molar-refractivity contribution < 1.29 is 4.74 Å². The normalized spacial score (nSPS) is 26.5. The van der Waals surface area contributed by atoms with Crippen molar-refractivity contribution in [3.63, 3.8) is 0 Å². The van der Waals surface area contributed by atoms with Crippen molar-refractivity contribution >= 4 is 0 Å². The van der Waals surface area contributed by atoms with E-state index >= 15 is 0 Å². The van der Waals surface area contributed by atoms with Crippen molar-refractivity contribution in [1.82, 2.24) is 4.98 Å². The number of rotatable bonds is 1. The Kier molecular flexibility index (Phi) is 1.73. The molecule has 0 radical (unpaired) electrons. The minimum Gasteiger partial charge on any atom is -0.488 e. The van der Waals surface area contributed by atoms with Crippen molar-refractivity contribution in [2.45, 2.75) is 18.9 Å². The molecule has 0 aromatic carbocycles. The molecule has 64 valence electrons. The van der Waals surface area contributed by atoms with E-state index in [0.29, 0.717) is 6.54 Å². The second-order valence-corrected chi connectivity index (χ2v) is 3.05. The van der Waals surface area contributed by atoms with E-state index in [1.54, 1.807) is 6.20 Å². The third-order valence-corrected chi connectivity index (χ3v) is 2.28. The first-order valence-corrected chi connectivity index (χ1v) is 4.14. The molecule has 1 aromatic heterocycles. The molecule has 0 saturated carbocycles. The van der Waals surface area contributed by atoms with Crippen LogP contribution in [0.4, 0.5) is 0 Å². The molecule has 0 bridgehead atoms. The van der Waals surface area contributed by atoms with Crippen molar-refractivity contribution in [3.8, 4) is 5.75 Å². The fourth-order valence-corrected chi connectivity index (χ4v) is 1.59. The van der Waals surface area contributed by atoms with Gasteiger partial charge in [-0.25, -0.2) is 0 Å². The summed E-state index contributed by atoms with van der Waals surface area (Å²) < 4.78 is 5.57. The first kappa shape index (κ1) is 7.55. The highest BCUT2D eigenvalue weighted by Crippen LogP contribution is 2.35. The van der Waals surface area contributed by atoms with Crippen LogP contribution < -0.4 is 10.5 Å². The third kappa shape index (κ3) is 0.975. The van der Waals surface area contributed by atoms with Crippen LogP contribution >= 0.6 is 0 Å². The molecule has 1 aromatic rings. The van der Waals surface area contributed by atoms with Crippen LogP contribution in [0, 0.1) is 0 Å². The van der Waals surface area contributed by atoms with Gasteiger partial charge in [0.05, 0.1) is 11.6 Å². The summed E-state index contributed by atoms with van der Waals surface area (Å²) in [4.78, 5) is 4.26. The van der Waals surface area contributed by atoms with Gasteiger partial charge in [0.1, 0.15) is 11.9 Å². The molecule has 0 amide bonds. The van der Waals surface area contributed by atoms with Crippen LogP contribution in [0.3, 0.4) is 0 Å². The Hall–Kier alpha value is -1.09. The van der Waals surface area contributed by atoms with E-state index in [1.807, 2.05) is 19.1 Å². The molecule has 2 heterocycles. The molecule has 1 aliphatic heterocycles. The van der Waals surface area contributed by atoms with Gasteiger partial charge in [-0.3, -0.25) is 4.98 Å². The van der Waals surface area contributed by atoms with Gasteiger partial charge in [-0.15, -0.1) is 0 Å². The van der Waals surface area contributed by atoms with Gasteiger partial charge in [0.2, 0.25) is 0 Å². The maximum absolute atomic E-state index is 5.62. The van der Waals surface area contributed by atoms with Crippen LogP contribution in [0.1, 0.15) is 18.5 Å². The van der Waals surface area contributed by atoms with Gasteiger partial charge in [-0.1, -0.05) is 0 Å². The van der Waals surface area contributed by atoms with Gasteiger partial charge in [-0.2, -0.15) is 0 Å². The monoisotopic (exact) mass is 164 g/mol. The molecule has 3 heteroatoms. The van der Waals surface area contributed by atoms with Gasteiger partial charge in [0, 0.05) is 12.7 Å². The van der Waals surface area contributed by atoms with Gasteiger partial charge in [0.25, 0.3) is 0 Å². The number of nitrogens with zero attached hydrogens (tertiary/aromatic N) is 1. The molecule has 0 fully saturated rings. The summed E-state index contributed by atoms with van der Waals surface area (Å²) in [6.45, 7) is 2.63. The van der Waals surface area contributed by atoms with Crippen LogP contribution in [0.25, 0.3) is 0 Å². The molecule has 0 unspecified atom stereocenters. The van der Waals surface area contributed by atoms with E-state index in [9.17, 15) is 0 Å². The molecule has 3 nitrogen and oxygen atoms in total. The number of fused-ring (bicyclic) bond motifs is 1. The molecule has 1 aliphatic rings. The van der Waals surface area contributed by atoms with E-state index in [0.717, 1.165) is 11.4 Å². The summed E-state index contributed by atoms with van der Waals surface area (Å²) in [5.74, 6) is 1.15. The van der Waals surface area contributed by atoms with Crippen LogP contribution in [-0.2, 0) is 0 Å². The number of hydrogen-bond donors (Lipinski definition) is 1. The molecular weight excluding hydrogens is 152 g/mol. The average Bonchev–Trinajstić information content (AvgIpc) is 2.40. The topological polar surface area (TPSA) is 48.1 Å². The fraction of sp³-hybridized carbons (Fsp3) is 0.444. The summed E-state index contributed by atoms with van der Waals surface area (Å²) in [5, 5.41) is 0. The number of aromatic nitrogens is 1. The fourth-order valence-electron chi connectivity index (χ4n) is 1.59. The second-order valence-electron chi connectivity index (χ2n) is 3.05. The lowest BCUT2D eigenvalue weighted by atomic mass is 10.0. The van der Waals surface area contributed by atoms with E-state index in [1.165, 1.54) is 0 Å². The number of pyridine rings is 1. The molecular formula is C9H12N2O. The predicted octanol–water partition coefficient (Wildman–Crippen LogP) is 0.905. The zero-order chi connectivity index (χ0) is 8.55. The molecule has 12 heavy (non-hydrogen) atoms. The van der Waals surface area contributed by atoms with Crippen LogP contribution in [0.2, 0.25) is 0 Å². The van der Waals surface area contributed by atoms with E-state index in [-0.39, 0.29) is 12.0 Å². The first-order valence-electron chi connectivity index (χ1n) is 4.14. The Bertz CT molecular complexity index is 288. The van der Waals surface area contributed by atoms with Crippen molar-refractivity contribution in [3.05, 3.63) is 24.0 Å². The van der Waals surface area contributed by atoms with Gasteiger partial charge < -0.3 is 10.5 Å². The van der Waals surface area contributed by atoms with Crippen LogP contribution in [-0.4, -0.2) is 17.6 Å². The molecule has 2 atom stereocenters. The van der Waals surface area contributed by atoms with E-state index in [4.69, 9.17) is 10.5 Å². The highest BCUT2D eigenvalue weighted by Gasteiger charge is 2.30. The van der Waals surface area contributed by atoms with Crippen molar-refractivity contribution in [2.75, 3.05) is 6.54 Å². The lowest BCUT2D eigenvalue weighted by Gasteiger charge is -2.10. The van der Waals surface area contributed by atoms with E-state index in [2.05, 4.69) is 4.98 Å². The zero-order valence-electron chi connectivity index (χ0n) is 7.03. The number of ether oxygens (including phenoxy) is 1. The average molecular weight is 164 g/mol. The Labute approximate surface area is 71.6 Å². The smallest absolute Gasteiger partial charge is 0.141 e. The second kappa shape index (κ2) is 2.75. The Morgan fingerprint density at radius 1 is 1.67 bits per heavy atom. The lowest BCUT2D eigenvalue weighted by Crippen LogP contribution is -2.22. The van der Waals surface area contributed by atoms with Gasteiger partial charge in [-0.05, 0) is 19.1 Å². The van der Waals surface area contributed by atoms with E-state index < -0.39 is 0 Å². The summed E-state index contributed by atoms with van der Waals surface area (Å²) in [6.07, 6.45) is 1.95. The molecule has 0 saturated heterocycles. The predicted molar refractivity (Wildman–Crippen MR) is 46.1 cm³/mol. The summed E-state index contributed by atoms with van der Waals surface area (Å²) in [7, 11) is 0. The first-order chi connectivity index (χ1) is 5.83. The minimum absolute atomic E-state index is 0.167. The largest absolute Gasteiger partial charge is 0.488 e. The Morgan fingerprint density at radius 2 is 2.50 bits per heavy atom. The van der Waals surface area contributed by atoms with Crippen molar-refractivity contribution in [1.29, 1.82) is 0 Å². The maximum Gasteiger partial charge on any atom is 0.141 e. The summed E-state index contributed by atoms with van der Waals surface area (Å²) >= 11 is 0. The van der Waals surface area contributed by atoms with Crippen molar-refractivity contribution in [2.24, 2.45) is 5.73 Å². The quantitative estimate of drug-likeness (QED) is 0.671. The Balaban J connectivity index is 2.40. The maximum atomic E-state index is 5.62. The lowest BCUT2D eigenvalue weighted by molar-refractivity contribution is 0.228. The van der Waals surface area contributed by atoms with Crippen LogP contribution in [0.5, 0.6) is 5.75 Å². The standard InChI is InChI=1S/C9H12N2O/c1-6-7(5-10)9-8(12-6)3-2-4-11-9/h2-4,6-7H,5,10H2,1H3/t6-,7-/m1/s1. The number of hydrogen-bond acceptors (Lipinski definition) is 3. The Morgan fingerprint density at radius 3 is 3.25 bits per heavy atom. The third-order valence-electron chi connectivity index (χ3n) is 2.28. The number of nitrogens with two attached hydrogens (primary N) is 1. The highest BCUT2D eigenvalue weighted by molar-refractivity contribution is 5.35. The summed E-state index contributed by atoms with van der Waals surface area (Å²) in [6, 6.07) is 3.82. The molecule has 2 N–H and O–H groups in total. The summed E-state index contributed by atoms with van der Waals surface area (Å²) in [5.41, 5.74) is 6.63. The molecule has 0 spiro atoms. The van der Waals surface area contributed by atoms with Gasteiger partial charge >= 0.3 is 0 Å².